The quantitative estimate of drug-likeness (QED) is 0.449. The molecule has 0 bridgehead atoms. The molecule has 1 N–H and O–H groups in total. The van der Waals surface area contributed by atoms with E-state index in [1.807, 2.05) is 26.8 Å². The minimum absolute atomic E-state index is 0.0466. The van der Waals surface area contributed by atoms with Gasteiger partial charge in [-0.3, -0.25) is 9.59 Å². The highest BCUT2D eigenvalue weighted by molar-refractivity contribution is 9.11. The van der Waals surface area contributed by atoms with Gasteiger partial charge in [0.05, 0.1) is 20.9 Å². The van der Waals surface area contributed by atoms with Gasteiger partial charge in [0.1, 0.15) is 0 Å². The number of carbonyl (C=O) groups is 1. The fraction of sp³-hybridized carbons (Fsp3) is 0.583. The number of rotatable bonds is 7. The summed E-state index contributed by atoms with van der Waals surface area (Å²) in [4.78, 5) is 33.3. The lowest BCUT2D eigenvalue weighted by molar-refractivity contribution is 0.0856. The van der Waals surface area contributed by atoms with E-state index in [0.717, 1.165) is 49.4 Å². The van der Waals surface area contributed by atoms with Gasteiger partial charge in [0.15, 0.2) is 0 Å². The number of thiophene rings is 1. The van der Waals surface area contributed by atoms with Crippen LogP contribution >= 0.6 is 39.0 Å². The van der Waals surface area contributed by atoms with Crippen LogP contribution in [0.2, 0.25) is 0 Å². The smallest absolute Gasteiger partial charge is 0.270 e. The normalized spacial score (nSPS) is 18.6. The second-order valence-electron chi connectivity index (χ2n) is 9.16. The van der Waals surface area contributed by atoms with Crippen molar-refractivity contribution in [3.8, 4) is 0 Å². The van der Waals surface area contributed by atoms with Crippen LogP contribution in [0.4, 0.5) is 5.00 Å². The number of aromatic amines is 1. The van der Waals surface area contributed by atoms with Crippen molar-refractivity contribution in [2.75, 3.05) is 25.5 Å². The van der Waals surface area contributed by atoms with Gasteiger partial charge >= 0.3 is 0 Å². The predicted octanol–water partition coefficient (Wildman–Crippen LogP) is 5.62. The molecule has 182 valence electrons. The summed E-state index contributed by atoms with van der Waals surface area (Å²) in [5.41, 5.74) is 3.41. The number of halogens is 2. The Kier molecular flexibility index (Phi) is 8.70. The van der Waals surface area contributed by atoms with Crippen LogP contribution in [0.3, 0.4) is 0 Å². The Morgan fingerprint density at radius 1 is 1.18 bits per heavy atom. The number of nitrogens with one attached hydrogen (secondary N) is 1. The first-order chi connectivity index (χ1) is 15.5. The average molecular weight is 558 g/mol. The first-order valence-electron chi connectivity index (χ1n) is 11.4. The molecule has 0 saturated heterocycles. The molecule has 0 atom stereocenters. The maximum atomic E-state index is 13.3. The summed E-state index contributed by atoms with van der Waals surface area (Å²) >= 11 is 11.7. The number of carbonyl (C=O) groups excluding carboxylic acids is 1. The summed E-state index contributed by atoms with van der Waals surface area (Å²) in [5, 5.41) is 1.12. The number of aromatic nitrogens is 1. The third-order valence-corrected chi connectivity index (χ3v) is 9.01. The molecule has 1 aliphatic rings. The summed E-state index contributed by atoms with van der Waals surface area (Å²) in [6, 6.07) is 3.01. The molecule has 0 aliphatic heterocycles. The van der Waals surface area contributed by atoms with E-state index in [9.17, 15) is 9.59 Å². The van der Waals surface area contributed by atoms with Gasteiger partial charge in [0, 0.05) is 41.7 Å². The summed E-state index contributed by atoms with van der Waals surface area (Å²) < 4.78 is 1.90. The second kappa shape index (κ2) is 10.9. The Morgan fingerprint density at radius 2 is 1.79 bits per heavy atom. The SMILES string of the molecule is CCN(c1sc(Br)c(C(=O)N(Cl)Cc2c(C)cc(C)[nH]c2=O)c1C)C1CCC(N(C)C)CC1. The molecule has 0 aromatic carbocycles. The topological polar surface area (TPSA) is 59.7 Å². The van der Waals surface area contributed by atoms with Crippen molar-refractivity contribution in [3.63, 3.8) is 0 Å². The Balaban J connectivity index is 1.82. The lowest BCUT2D eigenvalue weighted by Crippen LogP contribution is -2.42. The molecule has 1 aliphatic carbocycles. The third-order valence-electron chi connectivity index (χ3n) is 6.74. The fourth-order valence-electron chi connectivity index (χ4n) is 4.85. The zero-order valence-corrected chi connectivity index (χ0v) is 23.5. The third kappa shape index (κ3) is 5.66. The van der Waals surface area contributed by atoms with Gasteiger partial charge < -0.3 is 14.8 Å². The number of nitrogens with zero attached hydrogens (tertiary/aromatic N) is 3. The highest BCUT2D eigenvalue weighted by Gasteiger charge is 2.31. The maximum absolute atomic E-state index is 13.3. The zero-order valence-electron chi connectivity index (χ0n) is 20.3. The maximum Gasteiger partial charge on any atom is 0.270 e. The van der Waals surface area contributed by atoms with Crippen molar-refractivity contribution in [2.24, 2.45) is 0 Å². The number of aryl methyl sites for hydroxylation is 2. The summed E-state index contributed by atoms with van der Waals surface area (Å²) in [6.07, 6.45) is 4.66. The van der Waals surface area contributed by atoms with Gasteiger partial charge in [-0.15, -0.1) is 11.3 Å². The lowest BCUT2D eigenvalue weighted by atomic mass is 9.89. The van der Waals surface area contributed by atoms with Gasteiger partial charge in [-0.1, -0.05) is 0 Å². The molecule has 33 heavy (non-hydrogen) atoms. The predicted molar refractivity (Wildman–Crippen MR) is 142 cm³/mol. The van der Waals surface area contributed by atoms with Crippen LogP contribution in [0.15, 0.2) is 14.6 Å². The Morgan fingerprint density at radius 3 is 2.33 bits per heavy atom. The first-order valence-corrected chi connectivity index (χ1v) is 13.4. The molecule has 1 fully saturated rings. The molecular weight excluding hydrogens is 524 g/mol. The molecule has 0 spiro atoms. The van der Waals surface area contributed by atoms with E-state index in [2.05, 4.69) is 51.7 Å². The number of H-pyrrole nitrogens is 1. The highest BCUT2D eigenvalue weighted by Crippen LogP contribution is 2.42. The molecule has 2 aromatic heterocycles. The van der Waals surface area contributed by atoms with E-state index in [1.54, 1.807) is 11.3 Å². The minimum atomic E-state index is -0.296. The van der Waals surface area contributed by atoms with Crippen molar-refractivity contribution in [2.45, 2.75) is 72.0 Å². The molecule has 3 rings (SSSR count). The minimum Gasteiger partial charge on any atom is -0.360 e. The Hall–Kier alpha value is -1.35. The van der Waals surface area contributed by atoms with Crippen molar-refractivity contribution >= 4 is 50.0 Å². The van der Waals surface area contributed by atoms with Gasteiger partial charge in [0.25, 0.3) is 11.5 Å². The summed E-state index contributed by atoms with van der Waals surface area (Å²) in [5.74, 6) is -0.296. The van der Waals surface area contributed by atoms with Crippen molar-refractivity contribution < 1.29 is 4.79 Å². The number of anilines is 1. The van der Waals surface area contributed by atoms with Crippen LogP contribution in [0.1, 0.15) is 65.3 Å². The Bertz CT molecular complexity index is 1060. The molecule has 2 heterocycles. The fourth-order valence-corrected chi connectivity index (χ4v) is 7.14. The molecule has 0 unspecified atom stereocenters. The molecule has 2 aromatic rings. The van der Waals surface area contributed by atoms with Crippen LogP contribution in [0.25, 0.3) is 0 Å². The summed E-state index contributed by atoms with van der Waals surface area (Å²) in [6.45, 7) is 8.80. The van der Waals surface area contributed by atoms with Crippen LogP contribution in [-0.2, 0) is 6.54 Å². The van der Waals surface area contributed by atoms with Crippen molar-refractivity contribution in [3.05, 3.63) is 48.2 Å². The zero-order chi connectivity index (χ0) is 24.4. The van der Waals surface area contributed by atoms with E-state index in [-0.39, 0.29) is 18.0 Å². The van der Waals surface area contributed by atoms with E-state index < -0.39 is 0 Å². The van der Waals surface area contributed by atoms with E-state index in [1.165, 1.54) is 12.8 Å². The van der Waals surface area contributed by atoms with Crippen LogP contribution in [0.5, 0.6) is 0 Å². The lowest BCUT2D eigenvalue weighted by Gasteiger charge is -2.39. The summed E-state index contributed by atoms with van der Waals surface area (Å²) in [7, 11) is 4.32. The van der Waals surface area contributed by atoms with Crippen LogP contribution in [-0.4, -0.2) is 52.9 Å². The standard InChI is InChI=1S/C24H34BrClN4O2S/c1-7-29(18-10-8-17(9-11-18)28(5)6)24-16(4)20(21(25)33-24)23(32)30(26)13-19-14(2)12-15(3)27-22(19)31/h12,17-18H,7-11,13H2,1-6H3,(H,27,31). The number of hydrogen-bond donors (Lipinski definition) is 1. The van der Waals surface area contributed by atoms with E-state index >= 15 is 0 Å². The van der Waals surface area contributed by atoms with Crippen LogP contribution in [0, 0.1) is 20.8 Å². The van der Waals surface area contributed by atoms with Gasteiger partial charge in [0.2, 0.25) is 0 Å². The van der Waals surface area contributed by atoms with Crippen LogP contribution < -0.4 is 10.5 Å². The first kappa shape index (κ1) is 26.3. The monoisotopic (exact) mass is 556 g/mol. The molecule has 1 amide bonds. The molecule has 6 nitrogen and oxygen atoms in total. The average Bonchev–Trinajstić information content (AvgIpc) is 3.04. The van der Waals surface area contributed by atoms with E-state index in [0.29, 0.717) is 23.2 Å². The van der Waals surface area contributed by atoms with Gasteiger partial charge in [-0.2, -0.15) is 0 Å². The number of hydrogen-bond acceptors (Lipinski definition) is 5. The molecule has 0 radical (unpaired) electrons. The highest BCUT2D eigenvalue weighted by atomic mass is 79.9. The molecule has 9 heteroatoms. The Labute approximate surface area is 214 Å². The number of amides is 1. The van der Waals surface area contributed by atoms with Crippen molar-refractivity contribution in [1.29, 1.82) is 0 Å². The number of pyridine rings is 1. The largest absolute Gasteiger partial charge is 0.360 e. The van der Waals surface area contributed by atoms with Crippen molar-refractivity contribution in [1.82, 2.24) is 14.3 Å². The van der Waals surface area contributed by atoms with Gasteiger partial charge in [-0.05, 0) is 101 Å². The second-order valence-corrected chi connectivity index (χ2v) is 11.9. The van der Waals surface area contributed by atoms with E-state index in [4.69, 9.17) is 11.8 Å². The molecule has 1 saturated carbocycles. The molecular formula is C24H34BrClN4O2S. The van der Waals surface area contributed by atoms with Gasteiger partial charge in [-0.25, -0.2) is 4.42 Å².